The first kappa shape index (κ1) is 12.2. The summed E-state index contributed by atoms with van der Waals surface area (Å²) >= 11 is 0. The van der Waals surface area contributed by atoms with Crippen LogP contribution < -0.4 is 14.8 Å². The maximum Gasteiger partial charge on any atom is 0.124 e. The maximum atomic E-state index is 5.75. The molecule has 1 heterocycles. The first-order chi connectivity index (χ1) is 8.26. The van der Waals surface area contributed by atoms with Crippen LogP contribution in [0, 0.1) is 5.92 Å². The van der Waals surface area contributed by atoms with Crippen molar-refractivity contribution in [3.8, 4) is 11.5 Å². The minimum atomic E-state index is 0.369. The molecule has 0 fully saturated rings. The lowest BCUT2D eigenvalue weighted by Crippen LogP contribution is -2.34. The monoisotopic (exact) mass is 235 g/mol. The summed E-state index contributed by atoms with van der Waals surface area (Å²) in [6.45, 7) is 6.21. The molecular weight excluding hydrogens is 214 g/mol. The molecule has 17 heavy (non-hydrogen) atoms. The molecule has 94 valence electrons. The molecule has 0 radical (unpaired) electrons. The second kappa shape index (κ2) is 5.41. The van der Waals surface area contributed by atoms with Gasteiger partial charge in [-0.1, -0.05) is 13.8 Å². The summed E-state index contributed by atoms with van der Waals surface area (Å²) in [5, 5.41) is 3.59. The second-order valence-electron chi connectivity index (χ2n) is 4.62. The first-order valence-electron chi connectivity index (χ1n) is 6.30. The topological polar surface area (TPSA) is 30.5 Å². The highest BCUT2D eigenvalue weighted by molar-refractivity contribution is 5.43. The number of hydrogen-bond acceptors (Lipinski definition) is 3. The molecule has 1 N–H and O–H groups in total. The van der Waals surface area contributed by atoms with Crippen molar-refractivity contribution in [2.75, 3.05) is 20.3 Å². The number of nitrogens with one attached hydrogen (secondary N) is 1. The van der Waals surface area contributed by atoms with E-state index in [0.717, 1.165) is 31.1 Å². The van der Waals surface area contributed by atoms with E-state index in [2.05, 4.69) is 25.2 Å². The van der Waals surface area contributed by atoms with Crippen molar-refractivity contribution in [1.82, 2.24) is 5.32 Å². The summed E-state index contributed by atoms with van der Waals surface area (Å²) in [7, 11) is 1.70. The van der Waals surface area contributed by atoms with E-state index in [-0.39, 0.29) is 0 Å². The molecule has 1 aromatic carbocycles. The Morgan fingerprint density at radius 3 is 3.00 bits per heavy atom. The van der Waals surface area contributed by atoms with Gasteiger partial charge in [0.2, 0.25) is 0 Å². The number of benzene rings is 1. The molecule has 1 aliphatic rings. The third kappa shape index (κ3) is 2.55. The largest absolute Gasteiger partial charge is 0.497 e. The smallest absolute Gasteiger partial charge is 0.124 e. The molecule has 0 amide bonds. The van der Waals surface area contributed by atoms with E-state index in [1.54, 1.807) is 7.11 Å². The van der Waals surface area contributed by atoms with E-state index in [9.17, 15) is 0 Å². The van der Waals surface area contributed by atoms with E-state index in [1.807, 2.05) is 12.1 Å². The molecule has 0 saturated heterocycles. The van der Waals surface area contributed by atoms with Gasteiger partial charge in [0.15, 0.2) is 0 Å². The van der Waals surface area contributed by atoms with Crippen molar-refractivity contribution in [2.24, 2.45) is 5.92 Å². The van der Waals surface area contributed by atoms with Crippen LogP contribution >= 0.6 is 0 Å². The summed E-state index contributed by atoms with van der Waals surface area (Å²) < 4.78 is 11.0. The molecule has 3 nitrogen and oxygen atoms in total. The van der Waals surface area contributed by atoms with Crippen LogP contribution in [0.3, 0.4) is 0 Å². The summed E-state index contributed by atoms with van der Waals surface area (Å²) in [4.78, 5) is 0. The normalized spacial score (nSPS) is 22.8. The van der Waals surface area contributed by atoms with Crippen LogP contribution in [-0.4, -0.2) is 20.3 Å². The first-order valence-corrected chi connectivity index (χ1v) is 6.30. The highest BCUT2D eigenvalue weighted by atomic mass is 16.5. The van der Waals surface area contributed by atoms with Gasteiger partial charge in [-0.05, 0) is 31.2 Å². The van der Waals surface area contributed by atoms with Crippen molar-refractivity contribution in [2.45, 2.75) is 26.3 Å². The fourth-order valence-corrected chi connectivity index (χ4v) is 2.26. The van der Waals surface area contributed by atoms with E-state index in [0.29, 0.717) is 12.0 Å². The van der Waals surface area contributed by atoms with Crippen molar-refractivity contribution in [1.29, 1.82) is 0 Å². The van der Waals surface area contributed by atoms with Gasteiger partial charge in [0.05, 0.1) is 13.7 Å². The molecule has 1 aliphatic heterocycles. The van der Waals surface area contributed by atoms with Crippen LogP contribution in [0.2, 0.25) is 0 Å². The summed E-state index contributed by atoms with van der Waals surface area (Å²) in [5.41, 5.74) is 1.22. The summed E-state index contributed by atoms with van der Waals surface area (Å²) in [6.07, 6.45) is 1.14. The van der Waals surface area contributed by atoms with Gasteiger partial charge in [-0.25, -0.2) is 0 Å². The van der Waals surface area contributed by atoms with Crippen molar-refractivity contribution in [3.05, 3.63) is 23.8 Å². The molecule has 1 aromatic rings. The summed E-state index contributed by atoms with van der Waals surface area (Å²) in [6, 6.07) is 6.40. The number of rotatable bonds is 4. The van der Waals surface area contributed by atoms with Gasteiger partial charge in [-0.15, -0.1) is 0 Å². The van der Waals surface area contributed by atoms with E-state index in [1.165, 1.54) is 5.56 Å². The SMILES string of the molecule is CCCNC1c2cc(OC)ccc2OCC1C. The van der Waals surface area contributed by atoms with Crippen LogP contribution in [0.25, 0.3) is 0 Å². The van der Waals surface area contributed by atoms with Crippen LogP contribution in [0.15, 0.2) is 18.2 Å². The number of fused-ring (bicyclic) bond motifs is 1. The molecular formula is C14H21NO2. The Labute approximate surface area is 103 Å². The number of hydrogen-bond donors (Lipinski definition) is 1. The lowest BCUT2D eigenvalue weighted by Gasteiger charge is -2.32. The number of ether oxygens (including phenoxy) is 2. The molecule has 2 rings (SSSR count). The molecule has 0 bridgehead atoms. The van der Waals surface area contributed by atoms with E-state index in [4.69, 9.17) is 9.47 Å². The Hall–Kier alpha value is -1.22. The minimum Gasteiger partial charge on any atom is -0.497 e. The average Bonchev–Trinajstić information content (AvgIpc) is 2.37. The van der Waals surface area contributed by atoms with Crippen molar-refractivity contribution >= 4 is 0 Å². The lowest BCUT2D eigenvalue weighted by molar-refractivity contribution is 0.188. The molecule has 0 aromatic heterocycles. The Morgan fingerprint density at radius 2 is 2.29 bits per heavy atom. The molecule has 0 spiro atoms. The quantitative estimate of drug-likeness (QED) is 0.870. The summed E-state index contributed by atoms with van der Waals surface area (Å²) in [5.74, 6) is 2.36. The highest BCUT2D eigenvalue weighted by Crippen LogP contribution is 2.37. The van der Waals surface area contributed by atoms with Gasteiger partial charge < -0.3 is 14.8 Å². The molecule has 2 unspecified atom stereocenters. The zero-order valence-electron chi connectivity index (χ0n) is 10.8. The van der Waals surface area contributed by atoms with Gasteiger partial charge in [0, 0.05) is 17.5 Å². The molecule has 3 heteroatoms. The van der Waals surface area contributed by atoms with Crippen LogP contribution in [-0.2, 0) is 0 Å². The average molecular weight is 235 g/mol. The molecule has 0 saturated carbocycles. The number of methoxy groups -OCH3 is 1. The second-order valence-corrected chi connectivity index (χ2v) is 4.62. The van der Waals surface area contributed by atoms with Gasteiger partial charge in [-0.2, -0.15) is 0 Å². The maximum absolute atomic E-state index is 5.75. The lowest BCUT2D eigenvalue weighted by atomic mass is 9.92. The fraction of sp³-hybridized carbons (Fsp3) is 0.571. The van der Waals surface area contributed by atoms with Crippen LogP contribution in [0.1, 0.15) is 31.9 Å². The van der Waals surface area contributed by atoms with Gasteiger partial charge in [-0.3, -0.25) is 0 Å². The van der Waals surface area contributed by atoms with E-state index >= 15 is 0 Å². The Balaban J connectivity index is 2.27. The Kier molecular flexibility index (Phi) is 3.89. The Morgan fingerprint density at radius 1 is 1.47 bits per heavy atom. The molecule has 2 atom stereocenters. The van der Waals surface area contributed by atoms with Gasteiger partial charge in [0.25, 0.3) is 0 Å². The van der Waals surface area contributed by atoms with Crippen LogP contribution in [0.4, 0.5) is 0 Å². The predicted octanol–water partition coefficient (Wildman–Crippen LogP) is 2.76. The predicted molar refractivity (Wildman–Crippen MR) is 68.7 cm³/mol. The van der Waals surface area contributed by atoms with Crippen LogP contribution in [0.5, 0.6) is 11.5 Å². The third-order valence-corrected chi connectivity index (χ3v) is 3.24. The molecule has 0 aliphatic carbocycles. The van der Waals surface area contributed by atoms with E-state index < -0.39 is 0 Å². The van der Waals surface area contributed by atoms with Gasteiger partial charge >= 0.3 is 0 Å². The highest BCUT2D eigenvalue weighted by Gasteiger charge is 2.27. The zero-order valence-corrected chi connectivity index (χ0v) is 10.8. The van der Waals surface area contributed by atoms with Crippen molar-refractivity contribution < 1.29 is 9.47 Å². The van der Waals surface area contributed by atoms with Crippen molar-refractivity contribution in [3.63, 3.8) is 0 Å². The van der Waals surface area contributed by atoms with Gasteiger partial charge in [0.1, 0.15) is 11.5 Å². The third-order valence-electron chi connectivity index (χ3n) is 3.24. The minimum absolute atomic E-state index is 0.369. The standard InChI is InChI=1S/C14H21NO2/c1-4-7-15-14-10(2)9-17-13-6-5-11(16-3)8-12(13)14/h5-6,8,10,14-15H,4,7,9H2,1-3H3. The zero-order chi connectivity index (χ0) is 12.3. The Bertz CT molecular complexity index is 378. The fourth-order valence-electron chi connectivity index (χ4n) is 2.26.